The van der Waals surface area contributed by atoms with E-state index in [1.165, 1.54) is 0 Å². The van der Waals surface area contributed by atoms with Gasteiger partial charge in [-0.05, 0) is 19.1 Å². The van der Waals surface area contributed by atoms with Crippen LogP contribution in [0, 0.1) is 6.92 Å². The molecule has 1 N–H and O–H groups in total. The number of H-pyrrole nitrogens is 1. The molecule has 0 radical (unpaired) electrons. The number of nitrogens with one attached hydrogen (secondary N) is 1. The molecule has 0 saturated heterocycles. The summed E-state index contributed by atoms with van der Waals surface area (Å²) in [7, 11) is 0. The van der Waals surface area contributed by atoms with Gasteiger partial charge in [-0.3, -0.25) is 0 Å². The molecule has 78 valence electrons. The van der Waals surface area contributed by atoms with Crippen LogP contribution in [0.2, 0.25) is 0 Å². The summed E-state index contributed by atoms with van der Waals surface area (Å²) in [6, 6.07) is 3.62. The highest BCUT2D eigenvalue weighted by molar-refractivity contribution is 5.20. The Hall–Kier alpha value is -1.98. The van der Waals surface area contributed by atoms with E-state index < -0.39 is 0 Å². The predicted molar refractivity (Wildman–Crippen MR) is 53.9 cm³/mol. The zero-order valence-corrected chi connectivity index (χ0v) is 8.56. The molecule has 0 fully saturated rings. The first-order chi connectivity index (χ1) is 7.20. The van der Waals surface area contributed by atoms with Gasteiger partial charge < -0.3 is 0 Å². The highest BCUT2D eigenvalue weighted by atomic mass is 16.1. The minimum absolute atomic E-state index is 0.366. The number of rotatable bonds is 2. The van der Waals surface area contributed by atoms with Gasteiger partial charge in [0.05, 0.1) is 5.69 Å². The summed E-state index contributed by atoms with van der Waals surface area (Å²) < 4.78 is 1.55. The van der Waals surface area contributed by atoms with Gasteiger partial charge in [-0.25, -0.2) is 14.6 Å². The van der Waals surface area contributed by atoms with Crippen molar-refractivity contribution in [1.29, 1.82) is 0 Å². The quantitative estimate of drug-likeness (QED) is 0.761. The summed E-state index contributed by atoms with van der Waals surface area (Å²) in [6.07, 6.45) is 0.661. The maximum Gasteiger partial charge on any atom is 0.361 e. The van der Waals surface area contributed by atoms with Gasteiger partial charge in [-0.2, -0.15) is 10.1 Å². The zero-order chi connectivity index (χ0) is 10.8. The van der Waals surface area contributed by atoms with E-state index in [9.17, 15) is 4.79 Å². The maximum atomic E-state index is 11.1. The molecular weight excluding hydrogens is 194 g/mol. The van der Waals surface area contributed by atoms with E-state index in [0.717, 1.165) is 5.69 Å². The maximum absolute atomic E-state index is 11.1. The normalized spacial score (nSPS) is 10.5. The fourth-order valence-corrected chi connectivity index (χ4v) is 1.29. The third-order valence-electron chi connectivity index (χ3n) is 2.03. The summed E-state index contributed by atoms with van der Waals surface area (Å²) in [4.78, 5) is 14.9. The second-order valence-corrected chi connectivity index (χ2v) is 3.17. The zero-order valence-electron chi connectivity index (χ0n) is 8.56. The van der Waals surface area contributed by atoms with Gasteiger partial charge in [0.15, 0.2) is 5.82 Å². The smallest absolute Gasteiger partial charge is 0.244 e. The third kappa shape index (κ3) is 1.78. The first-order valence-corrected chi connectivity index (χ1v) is 4.69. The first-order valence-electron chi connectivity index (χ1n) is 4.69. The van der Waals surface area contributed by atoms with Crippen molar-refractivity contribution in [1.82, 2.24) is 25.0 Å². The minimum Gasteiger partial charge on any atom is -0.244 e. The van der Waals surface area contributed by atoms with Crippen LogP contribution in [0.3, 0.4) is 0 Å². The van der Waals surface area contributed by atoms with Crippen LogP contribution in [-0.2, 0) is 6.42 Å². The van der Waals surface area contributed by atoms with Crippen LogP contribution < -0.4 is 5.69 Å². The van der Waals surface area contributed by atoms with Crippen LogP contribution in [0.15, 0.2) is 16.9 Å². The topological polar surface area (TPSA) is 76.5 Å². The third-order valence-corrected chi connectivity index (χ3v) is 2.03. The number of aryl methyl sites for hydroxylation is 2. The molecule has 2 aromatic heterocycles. The van der Waals surface area contributed by atoms with Gasteiger partial charge in [-0.1, -0.05) is 6.92 Å². The molecule has 0 aliphatic carbocycles. The Labute approximate surface area is 86.0 Å². The van der Waals surface area contributed by atoms with Crippen molar-refractivity contribution in [3.63, 3.8) is 0 Å². The van der Waals surface area contributed by atoms with Crippen molar-refractivity contribution in [2.75, 3.05) is 0 Å². The molecular formula is C9H11N5O. The molecule has 0 unspecified atom stereocenters. The standard InChI is InChI=1S/C9H11N5O/c1-3-7-10-9(15)13-14(7)8-5-4-6(2)11-12-8/h4-5H,3H2,1-2H3,(H,13,15). The largest absolute Gasteiger partial charge is 0.361 e. The molecule has 0 spiro atoms. The van der Waals surface area contributed by atoms with Gasteiger partial charge >= 0.3 is 5.69 Å². The van der Waals surface area contributed by atoms with Crippen molar-refractivity contribution in [3.05, 3.63) is 34.1 Å². The molecule has 2 aromatic rings. The predicted octanol–water partition coefficient (Wildman–Crippen LogP) is 0.221. The van der Waals surface area contributed by atoms with Crippen LogP contribution in [0.25, 0.3) is 5.82 Å². The fraction of sp³-hybridized carbons (Fsp3) is 0.333. The first kappa shape index (κ1) is 9.57. The Bertz CT molecular complexity index is 510. The molecule has 6 nitrogen and oxygen atoms in total. The van der Waals surface area contributed by atoms with E-state index in [-0.39, 0.29) is 5.69 Å². The molecule has 0 amide bonds. The van der Waals surface area contributed by atoms with E-state index >= 15 is 0 Å². The summed E-state index contributed by atoms with van der Waals surface area (Å²) in [5, 5.41) is 10.5. The summed E-state index contributed by atoms with van der Waals surface area (Å²) >= 11 is 0. The highest BCUT2D eigenvalue weighted by Gasteiger charge is 2.07. The summed E-state index contributed by atoms with van der Waals surface area (Å²) in [5.74, 6) is 1.23. The molecule has 0 aromatic carbocycles. The molecule has 0 aliphatic heterocycles. The van der Waals surface area contributed by atoms with Crippen molar-refractivity contribution in [2.24, 2.45) is 0 Å². The number of hydrogen-bond acceptors (Lipinski definition) is 4. The van der Waals surface area contributed by atoms with Crippen LogP contribution in [0.1, 0.15) is 18.4 Å². The number of hydrogen-bond donors (Lipinski definition) is 1. The van der Waals surface area contributed by atoms with Crippen molar-refractivity contribution in [3.8, 4) is 5.82 Å². The molecule has 2 heterocycles. The van der Waals surface area contributed by atoms with Crippen LogP contribution >= 0.6 is 0 Å². The Balaban J connectivity index is 2.53. The van der Waals surface area contributed by atoms with Crippen LogP contribution in [0.5, 0.6) is 0 Å². The fourth-order valence-electron chi connectivity index (χ4n) is 1.29. The Kier molecular flexibility index (Phi) is 2.32. The van der Waals surface area contributed by atoms with E-state index in [0.29, 0.717) is 18.1 Å². The van der Waals surface area contributed by atoms with Gasteiger partial charge in [0, 0.05) is 6.42 Å². The van der Waals surface area contributed by atoms with Crippen molar-refractivity contribution < 1.29 is 0 Å². The van der Waals surface area contributed by atoms with Gasteiger partial charge in [0.2, 0.25) is 0 Å². The molecule has 2 rings (SSSR count). The number of nitrogens with zero attached hydrogens (tertiary/aromatic N) is 4. The molecule has 0 saturated carbocycles. The number of aromatic amines is 1. The summed E-state index contributed by atoms with van der Waals surface area (Å²) in [5.41, 5.74) is 0.466. The lowest BCUT2D eigenvalue weighted by atomic mass is 10.4. The second-order valence-electron chi connectivity index (χ2n) is 3.17. The lowest BCUT2D eigenvalue weighted by Gasteiger charge is -2.02. The average molecular weight is 205 g/mol. The van der Waals surface area contributed by atoms with Gasteiger partial charge in [0.1, 0.15) is 5.82 Å². The molecule has 6 heteroatoms. The average Bonchev–Trinajstić information content (AvgIpc) is 2.61. The van der Waals surface area contributed by atoms with Crippen molar-refractivity contribution >= 4 is 0 Å². The second kappa shape index (κ2) is 3.64. The van der Waals surface area contributed by atoms with E-state index in [1.54, 1.807) is 10.7 Å². The summed E-state index contributed by atoms with van der Waals surface area (Å²) in [6.45, 7) is 3.78. The minimum atomic E-state index is -0.366. The van der Waals surface area contributed by atoms with E-state index in [4.69, 9.17) is 0 Å². The molecule has 0 atom stereocenters. The molecule has 0 bridgehead atoms. The lowest BCUT2D eigenvalue weighted by molar-refractivity contribution is 0.751. The van der Waals surface area contributed by atoms with Gasteiger partial charge in [-0.15, -0.1) is 5.10 Å². The van der Waals surface area contributed by atoms with Crippen LogP contribution in [-0.4, -0.2) is 25.0 Å². The van der Waals surface area contributed by atoms with E-state index in [1.807, 2.05) is 19.9 Å². The van der Waals surface area contributed by atoms with Gasteiger partial charge in [0.25, 0.3) is 0 Å². The monoisotopic (exact) mass is 205 g/mol. The Morgan fingerprint density at radius 1 is 1.40 bits per heavy atom. The van der Waals surface area contributed by atoms with Crippen molar-refractivity contribution in [2.45, 2.75) is 20.3 Å². The highest BCUT2D eigenvalue weighted by Crippen LogP contribution is 2.03. The lowest BCUT2D eigenvalue weighted by Crippen LogP contribution is -2.08. The van der Waals surface area contributed by atoms with Crippen LogP contribution in [0.4, 0.5) is 0 Å². The van der Waals surface area contributed by atoms with E-state index in [2.05, 4.69) is 20.3 Å². The number of aromatic nitrogens is 5. The Morgan fingerprint density at radius 3 is 2.80 bits per heavy atom. The molecule has 0 aliphatic rings. The molecule has 15 heavy (non-hydrogen) atoms. The SMILES string of the molecule is CCc1nc(=O)[nH]n1-c1ccc(C)nn1. The Morgan fingerprint density at radius 2 is 2.20 bits per heavy atom.